The van der Waals surface area contributed by atoms with Gasteiger partial charge in [0, 0.05) is 11.3 Å². The minimum atomic E-state index is -1.12. The van der Waals surface area contributed by atoms with Crippen LogP contribution in [0.2, 0.25) is 0 Å². The highest BCUT2D eigenvalue weighted by atomic mass is 32.1. The van der Waals surface area contributed by atoms with Crippen LogP contribution in [0.1, 0.15) is 20.8 Å². The average Bonchev–Trinajstić information content (AvgIpc) is 2.51. The van der Waals surface area contributed by atoms with Crippen LogP contribution in [0.25, 0.3) is 0 Å². The second-order valence-corrected chi connectivity index (χ2v) is 4.53. The van der Waals surface area contributed by atoms with Gasteiger partial charge in [0.15, 0.2) is 6.10 Å². The fraction of sp³-hybridized carbons (Fsp3) is 0.333. The predicted octanol–water partition coefficient (Wildman–Crippen LogP) is 0.554. The van der Waals surface area contributed by atoms with Gasteiger partial charge in [0.2, 0.25) is 0 Å². The molecule has 0 radical (unpaired) electrons. The molecule has 1 unspecified atom stereocenters. The van der Waals surface area contributed by atoms with E-state index in [4.69, 9.17) is 20.7 Å². The lowest BCUT2D eigenvalue weighted by molar-refractivity contribution is -0.151. The molecule has 1 aliphatic heterocycles. The van der Waals surface area contributed by atoms with Crippen molar-refractivity contribution in [1.82, 2.24) is 0 Å². The van der Waals surface area contributed by atoms with Crippen molar-refractivity contribution in [3.63, 3.8) is 0 Å². The van der Waals surface area contributed by atoms with E-state index in [0.29, 0.717) is 10.4 Å². The highest BCUT2D eigenvalue weighted by molar-refractivity contribution is 7.16. The minimum Gasteiger partial charge on any atom is -0.479 e. The molecule has 2 rings (SSSR count). The summed E-state index contributed by atoms with van der Waals surface area (Å²) in [5.41, 5.74) is 6.10. The van der Waals surface area contributed by atoms with Gasteiger partial charge in [-0.25, -0.2) is 9.59 Å². The number of nitrogen functional groups attached to an aromatic ring is 1. The number of aromatic carboxylic acids is 1. The molecule has 0 aromatic carbocycles. The van der Waals surface area contributed by atoms with Crippen molar-refractivity contribution in [1.29, 1.82) is 0 Å². The molecule has 0 saturated heterocycles. The lowest BCUT2D eigenvalue weighted by atomic mass is 10.0. The molecule has 1 aromatic rings. The minimum absolute atomic E-state index is 0.0227. The van der Waals surface area contributed by atoms with Crippen LogP contribution >= 0.6 is 11.3 Å². The number of fused-ring (bicyclic) bond motifs is 1. The van der Waals surface area contributed by atoms with Gasteiger partial charge < -0.3 is 20.7 Å². The Labute approximate surface area is 94.3 Å². The quantitative estimate of drug-likeness (QED) is 0.699. The lowest BCUT2D eigenvalue weighted by Gasteiger charge is -2.19. The van der Waals surface area contributed by atoms with E-state index in [1.54, 1.807) is 0 Å². The number of nitrogens with two attached hydrogens (primary N) is 1. The van der Waals surface area contributed by atoms with E-state index in [0.717, 1.165) is 11.3 Å². The van der Waals surface area contributed by atoms with Gasteiger partial charge in [0.1, 0.15) is 5.00 Å². The first-order valence-electron chi connectivity index (χ1n) is 4.48. The number of thiophene rings is 1. The highest BCUT2D eigenvalue weighted by Crippen LogP contribution is 2.35. The molecule has 0 aliphatic carbocycles. The molecule has 4 N–H and O–H groups in total. The highest BCUT2D eigenvalue weighted by Gasteiger charge is 2.31. The number of ether oxygens (including phenoxy) is 1. The molecule has 0 amide bonds. The third-order valence-electron chi connectivity index (χ3n) is 2.41. The Kier molecular flexibility index (Phi) is 2.56. The molecular weight excluding hydrogens is 234 g/mol. The van der Waals surface area contributed by atoms with E-state index in [1.807, 2.05) is 0 Å². The molecule has 86 valence electrons. The van der Waals surface area contributed by atoms with E-state index in [2.05, 4.69) is 0 Å². The zero-order valence-electron chi connectivity index (χ0n) is 8.10. The summed E-state index contributed by atoms with van der Waals surface area (Å²) >= 11 is 1.14. The van der Waals surface area contributed by atoms with Crippen LogP contribution < -0.4 is 5.73 Å². The SMILES string of the molecule is Nc1sc2c(c1C(=O)O)CC(C(=O)O)OC2. The largest absolute Gasteiger partial charge is 0.479 e. The molecule has 0 fully saturated rings. The molecule has 16 heavy (non-hydrogen) atoms. The molecular formula is C9H9NO5S. The number of carboxylic acid groups (broad SMARTS) is 2. The van der Waals surface area contributed by atoms with E-state index >= 15 is 0 Å². The number of hydrogen-bond donors (Lipinski definition) is 3. The van der Waals surface area contributed by atoms with Crippen LogP contribution in [-0.4, -0.2) is 28.3 Å². The van der Waals surface area contributed by atoms with Gasteiger partial charge in [0.25, 0.3) is 0 Å². The molecule has 1 aromatic heterocycles. The Hall–Kier alpha value is -1.60. The molecule has 1 atom stereocenters. The van der Waals surface area contributed by atoms with Crippen LogP contribution in [0.3, 0.4) is 0 Å². The summed E-state index contributed by atoms with van der Waals surface area (Å²) in [7, 11) is 0. The first-order chi connectivity index (χ1) is 7.50. The summed E-state index contributed by atoms with van der Waals surface area (Å²) in [6.07, 6.45) is -0.931. The van der Waals surface area contributed by atoms with Gasteiger partial charge in [-0.2, -0.15) is 0 Å². The Balaban J connectivity index is 2.42. The summed E-state index contributed by atoms with van der Waals surface area (Å²) in [4.78, 5) is 22.4. The lowest BCUT2D eigenvalue weighted by Crippen LogP contribution is -2.30. The fourth-order valence-corrected chi connectivity index (χ4v) is 2.69. The molecule has 2 heterocycles. The zero-order chi connectivity index (χ0) is 11.9. The van der Waals surface area contributed by atoms with Gasteiger partial charge in [0.05, 0.1) is 12.2 Å². The second-order valence-electron chi connectivity index (χ2n) is 3.39. The van der Waals surface area contributed by atoms with Crippen molar-refractivity contribution in [3.8, 4) is 0 Å². The van der Waals surface area contributed by atoms with Gasteiger partial charge >= 0.3 is 11.9 Å². The van der Waals surface area contributed by atoms with Crippen molar-refractivity contribution in [3.05, 3.63) is 16.0 Å². The fourth-order valence-electron chi connectivity index (χ4n) is 1.68. The Morgan fingerprint density at radius 3 is 2.69 bits per heavy atom. The van der Waals surface area contributed by atoms with Crippen LogP contribution in [-0.2, 0) is 22.6 Å². The summed E-state index contributed by atoms with van der Waals surface area (Å²) in [6.45, 7) is 0.106. The predicted molar refractivity (Wildman–Crippen MR) is 55.6 cm³/mol. The first-order valence-corrected chi connectivity index (χ1v) is 5.30. The maximum absolute atomic E-state index is 11.0. The van der Waals surface area contributed by atoms with Gasteiger partial charge in [-0.15, -0.1) is 11.3 Å². The van der Waals surface area contributed by atoms with Crippen LogP contribution in [0.5, 0.6) is 0 Å². The number of aliphatic carboxylic acids is 1. The average molecular weight is 243 g/mol. The molecule has 7 heteroatoms. The van der Waals surface area contributed by atoms with Crippen molar-refractivity contribution in [2.24, 2.45) is 0 Å². The first kappa shape index (κ1) is 10.9. The number of hydrogen-bond acceptors (Lipinski definition) is 5. The zero-order valence-corrected chi connectivity index (χ0v) is 8.91. The van der Waals surface area contributed by atoms with E-state index in [-0.39, 0.29) is 23.6 Å². The Morgan fingerprint density at radius 1 is 1.44 bits per heavy atom. The molecule has 0 saturated carbocycles. The van der Waals surface area contributed by atoms with Crippen molar-refractivity contribution in [2.45, 2.75) is 19.1 Å². The molecule has 6 nitrogen and oxygen atoms in total. The number of carbonyl (C=O) groups is 2. The third-order valence-corrected chi connectivity index (χ3v) is 3.45. The number of rotatable bonds is 2. The van der Waals surface area contributed by atoms with E-state index < -0.39 is 18.0 Å². The molecule has 0 bridgehead atoms. The van der Waals surface area contributed by atoms with Gasteiger partial charge in [-0.3, -0.25) is 0 Å². The van der Waals surface area contributed by atoms with Crippen LogP contribution in [0.15, 0.2) is 0 Å². The summed E-state index contributed by atoms with van der Waals surface area (Å²) in [5, 5.41) is 18.0. The van der Waals surface area contributed by atoms with Crippen molar-refractivity contribution < 1.29 is 24.5 Å². The standard InChI is InChI=1S/C9H9NO5S/c10-7-6(9(13)14)3-1-4(8(11)12)15-2-5(3)16-7/h4H,1-2,10H2,(H,11,12)(H,13,14). The van der Waals surface area contributed by atoms with Gasteiger partial charge in [-0.05, 0) is 5.56 Å². The molecule has 0 spiro atoms. The third kappa shape index (κ3) is 1.63. The normalized spacial score (nSPS) is 19.1. The van der Waals surface area contributed by atoms with Gasteiger partial charge in [-0.1, -0.05) is 0 Å². The molecule has 1 aliphatic rings. The summed E-state index contributed by atoms with van der Waals surface area (Å²) < 4.78 is 5.08. The number of anilines is 1. The maximum atomic E-state index is 11.0. The summed E-state index contributed by atoms with van der Waals surface area (Å²) in [6, 6.07) is 0. The monoisotopic (exact) mass is 243 g/mol. The summed E-state index contributed by atoms with van der Waals surface area (Å²) in [5.74, 6) is -2.22. The van der Waals surface area contributed by atoms with Crippen molar-refractivity contribution >= 4 is 28.3 Å². The Morgan fingerprint density at radius 2 is 2.12 bits per heavy atom. The maximum Gasteiger partial charge on any atom is 0.338 e. The second kappa shape index (κ2) is 3.76. The smallest absolute Gasteiger partial charge is 0.338 e. The van der Waals surface area contributed by atoms with Crippen LogP contribution in [0, 0.1) is 0 Å². The van der Waals surface area contributed by atoms with E-state index in [1.165, 1.54) is 0 Å². The Bertz CT molecular complexity index is 467. The topological polar surface area (TPSA) is 110 Å². The van der Waals surface area contributed by atoms with E-state index in [9.17, 15) is 9.59 Å². The number of carboxylic acids is 2. The van der Waals surface area contributed by atoms with Crippen molar-refractivity contribution in [2.75, 3.05) is 5.73 Å². The van der Waals surface area contributed by atoms with Crippen LogP contribution in [0.4, 0.5) is 5.00 Å².